The van der Waals surface area contributed by atoms with Crippen molar-refractivity contribution in [1.82, 2.24) is 10.2 Å². The van der Waals surface area contributed by atoms with Crippen molar-refractivity contribution in [2.24, 2.45) is 0 Å². The maximum Gasteiger partial charge on any atom is 0.257 e. The number of nitrogens with one attached hydrogen (secondary N) is 1. The summed E-state index contributed by atoms with van der Waals surface area (Å²) in [4.78, 5) is 12.3. The van der Waals surface area contributed by atoms with Gasteiger partial charge in [0.05, 0.1) is 0 Å². The number of nitrogens with zero attached hydrogens (tertiary/aromatic N) is 2. The molecule has 0 fully saturated rings. The summed E-state index contributed by atoms with van der Waals surface area (Å²) in [5, 5.41) is 11.8. The smallest absolute Gasteiger partial charge is 0.257 e. The highest BCUT2D eigenvalue weighted by Gasteiger charge is 2.15. The Morgan fingerprint density at radius 1 is 1.00 bits per heavy atom. The fraction of sp³-hybridized carbons (Fsp3) is 0.211. The number of amides is 1. The van der Waals surface area contributed by atoms with E-state index in [9.17, 15) is 9.18 Å². The van der Waals surface area contributed by atoms with Gasteiger partial charge in [0.15, 0.2) is 0 Å². The minimum atomic E-state index is -0.305. The fourth-order valence-corrected chi connectivity index (χ4v) is 3.02. The van der Waals surface area contributed by atoms with Crippen molar-refractivity contribution >= 4 is 22.4 Å². The molecule has 0 radical (unpaired) electrons. The summed E-state index contributed by atoms with van der Waals surface area (Å²) >= 11 is 1.25. The van der Waals surface area contributed by atoms with E-state index in [-0.39, 0.29) is 17.1 Å². The predicted octanol–water partition coefficient (Wildman–Crippen LogP) is 4.89. The van der Waals surface area contributed by atoms with Gasteiger partial charge in [-0.3, -0.25) is 10.1 Å². The molecule has 4 nitrogen and oxygen atoms in total. The number of hydrogen-bond donors (Lipinski definition) is 1. The van der Waals surface area contributed by atoms with Crippen LogP contribution in [-0.4, -0.2) is 16.1 Å². The second-order valence-electron chi connectivity index (χ2n) is 6.70. The minimum Gasteiger partial charge on any atom is -0.296 e. The molecule has 0 unspecified atom stereocenters. The van der Waals surface area contributed by atoms with Gasteiger partial charge < -0.3 is 0 Å². The molecular weight excluding hydrogens is 337 g/mol. The van der Waals surface area contributed by atoms with Crippen LogP contribution in [0.3, 0.4) is 0 Å². The van der Waals surface area contributed by atoms with E-state index >= 15 is 0 Å². The van der Waals surface area contributed by atoms with E-state index in [1.54, 1.807) is 24.3 Å². The third kappa shape index (κ3) is 4.09. The molecule has 1 heterocycles. The third-order valence-electron chi connectivity index (χ3n) is 3.75. The number of halogens is 1. The Morgan fingerprint density at radius 3 is 2.24 bits per heavy atom. The molecule has 0 spiro atoms. The Hall–Kier alpha value is -2.60. The molecule has 0 saturated carbocycles. The minimum absolute atomic E-state index is 0.0400. The summed E-state index contributed by atoms with van der Waals surface area (Å²) in [5.41, 5.74) is 2.53. The Bertz CT molecular complexity index is 880. The van der Waals surface area contributed by atoms with E-state index in [1.165, 1.54) is 29.0 Å². The molecule has 2 aromatic carbocycles. The molecule has 0 aliphatic heterocycles. The van der Waals surface area contributed by atoms with Crippen LogP contribution >= 0.6 is 11.3 Å². The van der Waals surface area contributed by atoms with Gasteiger partial charge >= 0.3 is 0 Å². The van der Waals surface area contributed by atoms with Crippen molar-refractivity contribution in [2.45, 2.75) is 26.2 Å². The van der Waals surface area contributed by atoms with Gasteiger partial charge in [0, 0.05) is 11.1 Å². The van der Waals surface area contributed by atoms with Gasteiger partial charge in [0.1, 0.15) is 10.8 Å². The highest BCUT2D eigenvalue weighted by molar-refractivity contribution is 7.18. The zero-order valence-corrected chi connectivity index (χ0v) is 15.0. The van der Waals surface area contributed by atoms with Crippen molar-refractivity contribution in [3.8, 4) is 10.6 Å². The van der Waals surface area contributed by atoms with Crippen molar-refractivity contribution in [3.05, 3.63) is 65.5 Å². The number of aromatic nitrogens is 2. The van der Waals surface area contributed by atoms with Crippen LogP contribution in [0.5, 0.6) is 0 Å². The van der Waals surface area contributed by atoms with Crippen LogP contribution < -0.4 is 5.32 Å². The Balaban J connectivity index is 1.72. The molecule has 1 N–H and O–H groups in total. The lowest BCUT2D eigenvalue weighted by molar-refractivity contribution is 0.102. The first-order valence-corrected chi connectivity index (χ1v) is 8.66. The number of rotatable bonds is 3. The normalized spacial score (nSPS) is 11.4. The lowest BCUT2D eigenvalue weighted by Crippen LogP contribution is -2.14. The molecule has 0 saturated heterocycles. The van der Waals surface area contributed by atoms with E-state index in [2.05, 4.69) is 36.3 Å². The lowest BCUT2D eigenvalue weighted by Gasteiger charge is -2.18. The molecule has 0 aliphatic rings. The largest absolute Gasteiger partial charge is 0.296 e. The van der Waals surface area contributed by atoms with Crippen molar-refractivity contribution in [3.63, 3.8) is 0 Å². The Morgan fingerprint density at radius 2 is 1.64 bits per heavy atom. The molecule has 0 aliphatic carbocycles. The molecule has 0 atom stereocenters. The highest BCUT2D eigenvalue weighted by Crippen LogP contribution is 2.27. The fourth-order valence-electron chi connectivity index (χ4n) is 2.27. The summed E-state index contributed by atoms with van der Waals surface area (Å²) in [6, 6.07) is 13.5. The molecular formula is C19H18FN3OS. The van der Waals surface area contributed by atoms with Gasteiger partial charge in [-0.25, -0.2) is 4.39 Å². The Kier molecular flexibility index (Phi) is 4.63. The zero-order valence-electron chi connectivity index (χ0n) is 14.2. The van der Waals surface area contributed by atoms with Gasteiger partial charge in [-0.1, -0.05) is 44.2 Å². The molecule has 3 aromatic rings. The third-order valence-corrected chi connectivity index (χ3v) is 4.64. The van der Waals surface area contributed by atoms with Crippen LogP contribution in [0.15, 0.2) is 48.5 Å². The summed E-state index contributed by atoms with van der Waals surface area (Å²) in [6.45, 7) is 6.38. The maximum atomic E-state index is 13.0. The Labute approximate surface area is 149 Å². The van der Waals surface area contributed by atoms with E-state index in [1.807, 2.05) is 12.1 Å². The van der Waals surface area contributed by atoms with Gasteiger partial charge in [0.2, 0.25) is 5.13 Å². The van der Waals surface area contributed by atoms with Crippen LogP contribution in [0.25, 0.3) is 10.6 Å². The molecule has 0 bridgehead atoms. The van der Waals surface area contributed by atoms with Gasteiger partial charge in [-0.05, 0) is 47.4 Å². The first kappa shape index (κ1) is 17.2. The van der Waals surface area contributed by atoms with Crippen LogP contribution in [0.1, 0.15) is 36.7 Å². The quantitative estimate of drug-likeness (QED) is 0.727. The monoisotopic (exact) mass is 355 g/mol. The molecule has 3 rings (SSSR count). The maximum absolute atomic E-state index is 13.0. The summed E-state index contributed by atoms with van der Waals surface area (Å²) < 4.78 is 13.0. The van der Waals surface area contributed by atoms with Crippen LogP contribution in [0.4, 0.5) is 9.52 Å². The molecule has 25 heavy (non-hydrogen) atoms. The standard InChI is InChI=1S/C19H18FN3OS/c1-19(2,3)14-8-4-12(5-9-14)16(24)21-18-23-22-17(25-18)13-6-10-15(20)11-7-13/h4-11H,1-3H3,(H,21,23,24). The van der Waals surface area contributed by atoms with Gasteiger partial charge in [0.25, 0.3) is 5.91 Å². The van der Waals surface area contributed by atoms with Gasteiger partial charge in [-0.2, -0.15) is 0 Å². The SMILES string of the molecule is CC(C)(C)c1ccc(C(=O)Nc2nnc(-c3ccc(F)cc3)s2)cc1. The van der Waals surface area contributed by atoms with Crippen LogP contribution in [0.2, 0.25) is 0 Å². The average Bonchev–Trinajstić information content (AvgIpc) is 3.03. The summed E-state index contributed by atoms with van der Waals surface area (Å²) in [6.07, 6.45) is 0. The number of anilines is 1. The summed E-state index contributed by atoms with van der Waals surface area (Å²) in [7, 11) is 0. The number of benzene rings is 2. The van der Waals surface area contributed by atoms with E-state index < -0.39 is 0 Å². The van der Waals surface area contributed by atoms with E-state index in [0.717, 1.165) is 5.56 Å². The molecule has 1 amide bonds. The molecule has 6 heteroatoms. The summed E-state index contributed by atoms with van der Waals surface area (Å²) in [5.74, 6) is -0.539. The zero-order chi connectivity index (χ0) is 18.0. The topological polar surface area (TPSA) is 54.9 Å². The molecule has 1 aromatic heterocycles. The first-order chi connectivity index (χ1) is 11.8. The number of carbonyl (C=O) groups is 1. The first-order valence-electron chi connectivity index (χ1n) is 7.84. The lowest BCUT2D eigenvalue weighted by atomic mass is 9.87. The van der Waals surface area contributed by atoms with Gasteiger partial charge in [-0.15, -0.1) is 10.2 Å². The van der Waals surface area contributed by atoms with E-state index in [4.69, 9.17) is 0 Å². The second-order valence-corrected chi connectivity index (χ2v) is 7.68. The molecule has 128 valence electrons. The van der Waals surface area contributed by atoms with E-state index in [0.29, 0.717) is 15.7 Å². The average molecular weight is 355 g/mol. The second kappa shape index (κ2) is 6.72. The number of carbonyl (C=O) groups excluding carboxylic acids is 1. The highest BCUT2D eigenvalue weighted by atomic mass is 32.1. The van der Waals surface area contributed by atoms with Crippen molar-refractivity contribution in [2.75, 3.05) is 5.32 Å². The predicted molar refractivity (Wildman–Crippen MR) is 98.4 cm³/mol. The van der Waals surface area contributed by atoms with Crippen LogP contribution in [0, 0.1) is 5.82 Å². The van der Waals surface area contributed by atoms with Crippen LogP contribution in [-0.2, 0) is 5.41 Å². The number of hydrogen-bond acceptors (Lipinski definition) is 4. The van der Waals surface area contributed by atoms with Crippen molar-refractivity contribution < 1.29 is 9.18 Å². The van der Waals surface area contributed by atoms with Crippen molar-refractivity contribution in [1.29, 1.82) is 0 Å².